The molecule has 122 valence electrons. The molecular weight excluding hydrogens is 307 g/mol. The van der Waals surface area contributed by atoms with E-state index in [0.29, 0.717) is 5.65 Å². The van der Waals surface area contributed by atoms with Crippen LogP contribution in [0.1, 0.15) is 12.5 Å². The van der Waals surface area contributed by atoms with Crippen molar-refractivity contribution < 1.29 is 4.39 Å². The topological polar surface area (TPSA) is 71.4 Å². The predicted octanol–water partition coefficient (Wildman–Crippen LogP) is 3.03. The number of halogens is 1. The molecule has 1 aromatic carbocycles. The number of rotatable bonds is 4. The van der Waals surface area contributed by atoms with Gasteiger partial charge in [0.05, 0.1) is 11.6 Å². The number of hydrogen-bond donors (Lipinski definition) is 2. The van der Waals surface area contributed by atoms with Gasteiger partial charge in [-0.25, -0.2) is 14.4 Å². The lowest BCUT2D eigenvalue weighted by Gasteiger charge is -2.14. The standard InChI is InChI=1S/C17H17FN6/c1-10(22-16-14-7-21-23-17(14)20-9-19-16)5-11-8-24(2)15-4-3-12(18)6-13(11)15/h3-4,6-10H,5H2,1-2H3,(H2,19,20,21,22,23). The summed E-state index contributed by atoms with van der Waals surface area (Å²) in [5.41, 5.74) is 2.83. The van der Waals surface area contributed by atoms with Crippen molar-refractivity contribution in [1.29, 1.82) is 0 Å². The lowest BCUT2D eigenvalue weighted by atomic mass is 10.1. The van der Waals surface area contributed by atoms with Gasteiger partial charge in [-0.15, -0.1) is 0 Å². The van der Waals surface area contributed by atoms with Crippen LogP contribution >= 0.6 is 0 Å². The highest BCUT2D eigenvalue weighted by Gasteiger charge is 2.13. The van der Waals surface area contributed by atoms with Crippen LogP contribution in [0.3, 0.4) is 0 Å². The molecule has 0 radical (unpaired) electrons. The molecule has 3 aromatic heterocycles. The highest BCUT2D eigenvalue weighted by molar-refractivity contribution is 5.86. The zero-order valence-corrected chi connectivity index (χ0v) is 13.4. The van der Waals surface area contributed by atoms with Gasteiger partial charge in [-0.3, -0.25) is 5.10 Å². The van der Waals surface area contributed by atoms with Gasteiger partial charge in [0.25, 0.3) is 0 Å². The van der Waals surface area contributed by atoms with Crippen LogP contribution in [-0.2, 0) is 13.5 Å². The van der Waals surface area contributed by atoms with Crippen molar-refractivity contribution in [1.82, 2.24) is 24.7 Å². The minimum absolute atomic E-state index is 0.117. The molecule has 7 heteroatoms. The Bertz CT molecular complexity index is 1020. The van der Waals surface area contributed by atoms with E-state index in [9.17, 15) is 4.39 Å². The molecule has 4 aromatic rings. The van der Waals surface area contributed by atoms with Gasteiger partial charge in [0.2, 0.25) is 0 Å². The zero-order valence-electron chi connectivity index (χ0n) is 13.4. The second-order valence-corrected chi connectivity index (χ2v) is 6.03. The number of benzene rings is 1. The molecule has 3 heterocycles. The van der Waals surface area contributed by atoms with Crippen molar-refractivity contribution >= 4 is 27.8 Å². The molecule has 0 fully saturated rings. The van der Waals surface area contributed by atoms with Gasteiger partial charge >= 0.3 is 0 Å². The first-order valence-electron chi connectivity index (χ1n) is 7.76. The normalized spacial score (nSPS) is 12.8. The molecule has 1 unspecified atom stereocenters. The lowest BCUT2D eigenvalue weighted by molar-refractivity contribution is 0.629. The maximum Gasteiger partial charge on any atom is 0.160 e. The van der Waals surface area contributed by atoms with Crippen LogP contribution in [0, 0.1) is 5.82 Å². The first kappa shape index (κ1) is 14.6. The van der Waals surface area contributed by atoms with Crippen molar-refractivity contribution in [3.63, 3.8) is 0 Å². The van der Waals surface area contributed by atoms with E-state index in [1.165, 1.54) is 12.4 Å². The Balaban J connectivity index is 1.61. The van der Waals surface area contributed by atoms with Gasteiger partial charge in [-0.05, 0) is 37.1 Å². The molecule has 0 bridgehead atoms. The van der Waals surface area contributed by atoms with Crippen molar-refractivity contribution in [2.45, 2.75) is 19.4 Å². The first-order valence-corrected chi connectivity index (χ1v) is 7.76. The van der Waals surface area contributed by atoms with E-state index in [1.54, 1.807) is 12.3 Å². The number of aryl methyl sites for hydroxylation is 1. The molecular formula is C17H17FN6. The first-order chi connectivity index (χ1) is 11.6. The summed E-state index contributed by atoms with van der Waals surface area (Å²) in [7, 11) is 1.97. The molecule has 0 saturated heterocycles. The van der Waals surface area contributed by atoms with Crippen molar-refractivity contribution in [2.24, 2.45) is 7.05 Å². The fraction of sp³-hybridized carbons (Fsp3) is 0.235. The molecule has 0 spiro atoms. The van der Waals surface area contributed by atoms with E-state index in [-0.39, 0.29) is 11.9 Å². The quantitative estimate of drug-likeness (QED) is 0.605. The summed E-state index contributed by atoms with van der Waals surface area (Å²) >= 11 is 0. The van der Waals surface area contributed by atoms with Gasteiger partial charge in [-0.2, -0.15) is 5.10 Å². The average molecular weight is 324 g/mol. The largest absolute Gasteiger partial charge is 0.367 e. The van der Waals surface area contributed by atoms with Gasteiger partial charge in [0.1, 0.15) is 18.0 Å². The lowest BCUT2D eigenvalue weighted by Crippen LogP contribution is -2.19. The second-order valence-electron chi connectivity index (χ2n) is 6.03. The minimum atomic E-state index is -0.216. The summed E-state index contributed by atoms with van der Waals surface area (Å²) in [6.07, 6.45) is 6.01. The molecule has 2 N–H and O–H groups in total. The summed E-state index contributed by atoms with van der Waals surface area (Å²) in [4.78, 5) is 8.43. The Labute approximate surface area is 137 Å². The molecule has 0 aliphatic heterocycles. The third-order valence-corrected chi connectivity index (χ3v) is 4.19. The second kappa shape index (κ2) is 5.59. The van der Waals surface area contributed by atoms with E-state index >= 15 is 0 Å². The summed E-state index contributed by atoms with van der Waals surface area (Å²) in [6.45, 7) is 2.08. The van der Waals surface area contributed by atoms with Gasteiger partial charge < -0.3 is 9.88 Å². The van der Waals surface area contributed by atoms with E-state index in [0.717, 1.165) is 34.1 Å². The van der Waals surface area contributed by atoms with Crippen LogP contribution in [0.4, 0.5) is 10.2 Å². The number of nitrogens with zero attached hydrogens (tertiary/aromatic N) is 4. The predicted molar refractivity (Wildman–Crippen MR) is 91.3 cm³/mol. The van der Waals surface area contributed by atoms with Crippen molar-refractivity contribution in [3.8, 4) is 0 Å². The number of hydrogen-bond acceptors (Lipinski definition) is 4. The third-order valence-electron chi connectivity index (χ3n) is 4.19. The maximum absolute atomic E-state index is 13.6. The molecule has 6 nitrogen and oxygen atoms in total. The Kier molecular flexibility index (Phi) is 3.41. The fourth-order valence-electron chi connectivity index (χ4n) is 3.10. The average Bonchev–Trinajstić information content (AvgIpc) is 3.13. The van der Waals surface area contributed by atoms with E-state index in [2.05, 4.69) is 38.6 Å². The van der Waals surface area contributed by atoms with E-state index < -0.39 is 0 Å². The smallest absolute Gasteiger partial charge is 0.160 e. The fourth-order valence-corrected chi connectivity index (χ4v) is 3.10. The zero-order chi connectivity index (χ0) is 16.7. The summed E-state index contributed by atoms with van der Waals surface area (Å²) < 4.78 is 15.6. The Morgan fingerprint density at radius 3 is 3.04 bits per heavy atom. The van der Waals surface area contributed by atoms with Gasteiger partial charge in [0, 0.05) is 30.2 Å². The summed E-state index contributed by atoms with van der Waals surface area (Å²) in [6, 6.07) is 5.01. The SMILES string of the molecule is CC(Cc1cn(C)c2ccc(F)cc12)Nc1ncnc2[nH]ncc12. The highest BCUT2D eigenvalue weighted by Crippen LogP contribution is 2.24. The number of H-pyrrole nitrogens is 1. The number of fused-ring (bicyclic) bond motifs is 2. The molecule has 0 amide bonds. The Hall–Kier alpha value is -2.96. The minimum Gasteiger partial charge on any atom is -0.367 e. The number of anilines is 1. The molecule has 0 aliphatic carbocycles. The third kappa shape index (κ3) is 2.47. The molecule has 0 saturated carbocycles. The molecule has 0 aliphatic rings. The number of aromatic amines is 1. The van der Waals surface area contributed by atoms with Crippen LogP contribution in [0.5, 0.6) is 0 Å². The maximum atomic E-state index is 13.6. The van der Waals surface area contributed by atoms with Crippen molar-refractivity contribution in [3.05, 3.63) is 48.3 Å². The van der Waals surface area contributed by atoms with E-state index in [4.69, 9.17) is 0 Å². The van der Waals surface area contributed by atoms with Crippen LogP contribution in [0.25, 0.3) is 21.9 Å². The van der Waals surface area contributed by atoms with E-state index in [1.807, 2.05) is 17.7 Å². The Morgan fingerprint density at radius 1 is 1.29 bits per heavy atom. The molecule has 24 heavy (non-hydrogen) atoms. The summed E-state index contributed by atoms with van der Waals surface area (Å²) in [5.74, 6) is 0.527. The monoisotopic (exact) mass is 324 g/mol. The Morgan fingerprint density at radius 2 is 2.17 bits per heavy atom. The number of nitrogens with one attached hydrogen (secondary N) is 2. The molecule has 1 atom stereocenters. The highest BCUT2D eigenvalue weighted by atomic mass is 19.1. The summed E-state index contributed by atoms with van der Waals surface area (Å²) in [5, 5.41) is 12.0. The van der Waals surface area contributed by atoms with Crippen molar-refractivity contribution in [2.75, 3.05) is 5.32 Å². The number of aromatic nitrogens is 5. The molecule has 4 rings (SSSR count). The van der Waals surface area contributed by atoms with Crippen LogP contribution in [0.15, 0.2) is 36.9 Å². The van der Waals surface area contributed by atoms with Crippen LogP contribution in [0.2, 0.25) is 0 Å². The van der Waals surface area contributed by atoms with Gasteiger partial charge in [-0.1, -0.05) is 0 Å². The van der Waals surface area contributed by atoms with Crippen LogP contribution in [-0.4, -0.2) is 30.8 Å². The van der Waals surface area contributed by atoms with Crippen LogP contribution < -0.4 is 5.32 Å². The van der Waals surface area contributed by atoms with Gasteiger partial charge in [0.15, 0.2) is 5.65 Å².